The lowest BCUT2D eigenvalue weighted by Crippen LogP contribution is -2.40. The van der Waals surface area contributed by atoms with Crippen molar-refractivity contribution in [3.63, 3.8) is 0 Å². The summed E-state index contributed by atoms with van der Waals surface area (Å²) in [6, 6.07) is 3.26. The molecule has 0 radical (unpaired) electrons. The summed E-state index contributed by atoms with van der Waals surface area (Å²) in [5, 5.41) is 7.04. The number of nitrogens with one attached hydrogen (secondary N) is 1. The lowest BCUT2D eigenvalue weighted by Gasteiger charge is -2.25. The van der Waals surface area contributed by atoms with Gasteiger partial charge < -0.3 is 24.2 Å². The van der Waals surface area contributed by atoms with Gasteiger partial charge in [0.25, 0.3) is 5.91 Å². The van der Waals surface area contributed by atoms with E-state index in [0.717, 1.165) is 0 Å². The third-order valence-corrected chi connectivity index (χ3v) is 5.99. The molecule has 3 atom stereocenters. The Morgan fingerprint density at radius 2 is 2.20 bits per heavy atom. The van der Waals surface area contributed by atoms with E-state index in [1.165, 1.54) is 20.4 Å². The van der Waals surface area contributed by atoms with Gasteiger partial charge in [0.1, 0.15) is 6.61 Å². The van der Waals surface area contributed by atoms with Gasteiger partial charge in [-0.1, -0.05) is 5.16 Å². The van der Waals surface area contributed by atoms with Crippen LogP contribution in [-0.4, -0.2) is 71.8 Å². The zero-order chi connectivity index (χ0) is 21.3. The van der Waals surface area contributed by atoms with Gasteiger partial charge >= 0.3 is 0 Å². The minimum absolute atomic E-state index is 0.0380. The van der Waals surface area contributed by atoms with E-state index in [1.807, 2.05) is 0 Å². The number of amides is 2. The van der Waals surface area contributed by atoms with Crippen molar-refractivity contribution in [1.82, 2.24) is 25.3 Å². The number of nitrogens with zero attached hydrogens (tertiary/aromatic N) is 4. The molecule has 10 nitrogen and oxygen atoms in total. The zero-order valence-corrected chi connectivity index (χ0v) is 17.3. The molecule has 1 aliphatic carbocycles. The van der Waals surface area contributed by atoms with E-state index in [-0.39, 0.29) is 30.4 Å². The van der Waals surface area contributed by atoms with Crippen LogP contribution in [0.25, 0.3) is 0 Å². The van der Waals surface area contributed by atoms with Gasteiger partial charge in [0.05, 0.1) is 18.1 Å². The van der Waals surface area contributed by atoms with Crippen molar-refractivity contribution < 1.29 is 23.6 Å². The first-order valence-corrected chi connectivity index (χ1v) is 9.83. The smallest absolute Gasteiger partial charge is 0.253 e. The Morgan fingerprint density at radius 1 is 1.37 bits per heavy atom. The lowest BCUT2D eigenvalue weighted by atomic mass is 9.80. The van der Waals surface area contributed by atoms with Gasteiger partial charge in [-0.15, -0.1) is 0 Å². The lowest BCUT2D eigenvalue weighted by molar-refractivity contribution is -0.134. The molecule has 1 aliphatic heterocycles. The number of likely N-dealkylation sites (tertiary alicyclic amines) is 1. The Labute approximate surface area is 173 Å². The normalized spacial score (nSPS) is 25.2. The average molecular weight is 415 g/mol. The van der Waals surface area contributed by atoms with Crippen LogP contribution in [0.2, 0.25) is 0 Å². The van der Waals surface area contributed by atoms with Gasteiger partial charge in [0, 0.05) is 38.5 Å². The fourth-order valence-electron chi connectivity index (χ4n) is 4.62. The van der Waals surface area contributed by atoms with Crippen molar-refractivity contribution in [1.29, 1.82) is 0 Å². The van der Waals surface area contributed by atoms with Crippen molar-refractivity contribution in [3.8, 4) is 5.88 Å². The minimum Gasteiger partial charge on any atom is -0.481 e. The monoisotopic (exact) mass is 415 g/mol. The Morgan fingerprint density at radius 3 is 2.83 bits per heavy atom. The number of pyridine rings is 1. The number of hydrogen-bond acceptors (Lipinski definition) is 8. The Kier molecular flexibility index (Phi) is 5.42. The van der Waals surface area contributed by atoms with Crippen LogP contribution in [0.5, 0.6) is 5.88 Å². The van der Waals surface area contributed by atoms with Crippen LogP contribution < -0.4 is 10.1 Å². The Balaban J connectivity index is 1.51. The molecule has 2 aliphatic rings. The second-order valence-electron chi connectivity index (χ2n) is 7.91. The van der Waals surface area contributed by atoms with E-state index in [4.69, 9.17) is 14.0 Å². The molecule has 3 heterocycles. The Hall–Kier alpha value is -3.01. The summed E-state index contributed by atoms with van der Waals surface area (Å²) in [6.07, 6.45) is 2.82. The molecule has 160 valence electrons. The second kappa shape index (κ2) is 8.02. The summed E-state index contributed by atoms with van der Waals surface area (Å²) in [6.45, 7) is 2.85. The molecule has 2 aromatic heterocycles. The molecular formula is C20H25N5O5. The van der Waals surface area contributed by atoms with Crippen LogP contribution in [0.3, 0.4) is 0 Å². The number of aromatic nitrogens is 3. The number of hydrogen-bond donors (Lipinski definition) is 1. The summed E-state index contributed by atoms with van der Waals surface area (Å²) in [5.41, 5.74) is -0.00624. The van der Waals surface area contributed by atoms with Gasteiger partial charge in [-0.2, -0.15) is 4.98 Å². The van der Waals surface area contributed by atoms with E-state index < -0.39 is 5.41 Å². The van der Waals surface area contributed by atoms with Gasteiger partial charge in [-0.3, -0.25) is 9.59 Å². The van der Waals surface area contributed by atoms with Crippen LogP contribution in [-0.2, 0) is 14.9 Å². The predicted octanol–water partition coefficient (Wildman–Crippen LogP) is 0.717. The molecule has 2 aromatic rings. The molecule has 1 saturated carbocycles. The highest BCUT2D eigenvalue weighted by Gasteiger charge is 2.58. The van der Waals surface area contributed by atoms with E-state index in [0.29, 0.717) is 49.1 Å². The topological polar surface area (TPSA) is 120 Å². The highest BCUT2D eigenvalue weighted by atomic mass is 16.5. The molecule has 30 heavy (non-hydrogen) atoms. The molecule has 0 bridgehead atoms. The Bertz CT molecular complexity index is 930. The first-order valence-electron chi connectivity index (χ1n) is 9.83. The fraction of sp³-hybridized carbons (Fsp3) is 0.550. The minimum atomic E-state index is -0.471. The third-order valence-electron chi connectivity index (χ3n) is 5.99. The SMILES string of the molecule is COCC(=O)N1C[C@@H]2C[C@@H](NC(=O)c3ccc(OC)nc3)C[C@]2(c2nc(C)no2)C1. The van der Waals surface area contributed by atoms with E-state index in [9.17, 15) is 9.59 Å². The number of aryl methyl sites for hydroxylation is 1. The van der Waals surface area contributed by atoms with Crippen molar-refractivity contribution in [2.75, 3.05) is 33.9 Å². The summed E-state index contributed by atoms with van der Waals surface area (Å²) < 4.78 is 15.6. The number of ether oxygens (including phenoxy) is 2. The van der Waals surface area contributed by atoms with E-state index in [1.54, 1.807) is 24.0 Å². The molecule has 0 unspecified atom stereocenters. The summed E-state index contributed by atoms with van der Waals surface area (Å²) in [7, 11) is 3.03. The number of carbonyl (C=O) groups excluding carboxylic acids is 2. The standard InChI is InChI=1S/C20H25N5O5/c1-12-22-19(30-24-12)20-7-15(6-14(20)9-25(11-20)17(26)10-28-2)23-18(27)13-4-5-16(29-3)21-8-13/h4-5,8,14-15H,6-7,9-11H2,1-3H3,(H,23,27)/t14-,15+,20-/m0/s1. The van der Waals surface area contributed by atoms with Crippen LogP contribution in [0.15, 0.2) is 22.9 Å². The summed E-state index contributed by atoms with van der Waals surface area (Å²) in [4.78, 5) is 35.4. The zero-order valence-electron chi connectivity index (χ0n) is 17.3. The highest BCUT2D eigenvalue weighted by Crippen LogP contribution is 2.50. The van der Waals surface area contributed by atoms with Crippen molar-refractivity contribution in [2.24, 2.45) is 5.92 Å². The third kappa shape index (κ3) is 3.62. The van der Waals surface area contributed by atoms with Crippen LogP contribution >= 0.6 is 0 Å². The predicted molar refractivity (Wildman–Crippen MR) is 104 cm³/mol. The molecule has 0 aromatic carbocycles. The molecule has 4 rings (SSSR count). The largest absolute Gasteiger partial charge is 0.481 e. The molecule has 1 N–H and O–H groups in total. The first kappa shape index (κ1) is 20.3. The van der Waals surface area contributed by atoms with Crippen molar-refractivity contribution in [2.45, 2.75) is 31.2 Å². The maximum absolute atomic E-state index is 12.7. The van der Waals surface area contributed by atoms with Crippen LogP contribution in [0.4, 0.5) is 0 Å². The molecule has 2 amide bonds. The number of fused-ring (bicyclic) bond motifs is 1. The molecule has 0 spiro atoms. The number of carbonyl (C=O) groups is 2. The summed E-state index contributed by atoms with van der Waals surface area (Å²) >= 11 is 0. The van der Waals surface area contributed by atoms with Crippen molar-refractivity contribution in [3.05, 3.63) is 35.6 Å². The molecular weight excluding hydrogens is 390 g/mol. The van der Waals surface area contributed by atoms with E-state index >= 15 is 0 Å². The van der Waals surface area contributed by atoms with Gasteiger partial charge in [0.2, 0.25) is 17.7 Å². The molecule has 2 fully saturated rings. The quantitative estimate of drug-likeness (QED) is 0.733. The number of rotatable bonds is 6. The average Bonchev–Trinajstić information content (AvgIpc) is 3.41. The van der Waals surface area contributed by atoms with Gasteiger partial charge in [-0.25, -0.2) is 4.98 Å². The molecule has 10 heteroatoms. The van der Waals surface area contributed by atoms with Gasteiger partial charge in [0.15, 0.2) is 5.82 Å². The molecule has 1 saturated heterocycles. The van der Waals surface area contributed by atoms with Crippen LogP contribution in [0, 0.1) is 12.8 Å². The maximum Gasteiger partial charge on any atom is 0.253 e. The van der Waals surface area contributed by atoms with E-state index in [2.05, 4.69) is 20.4 Å². The highest BCUT2D eigenvalue weighted by molar-refractivity contribution is 5.94. The van der Waals surface area contributed by atoms with Gasteiger partial charge in [-0.05, 0) is 31.7 Å². The number of methoxy groups -OCH3 is 2. The van der Waals surface area contributed by atoms with Crippen molar-refractivity contribution >= 4 is 11.8 Å². The first-order chi connectivity index (χ1) is 14.4. The fourth-order valence-corrected chi connectivity index (χ4v) is 4.62. The second-order valence-corrected chi connectivity index (χ2v) is 7.91. The maximum atomic E-state index is 12.7. The summed E-state index contributed by atoms with van der Waals surface area (Å²) in [5.74, 6) is 1.38. The van der Waals surface area contributed by atoms with Crippen LogP contribution in [0.1, 0.15) is 34.9 Å².